The molecule has 4 nitrogen and oxygen atoms in total. The molecule has 7 rings (SSSR count). The van der Waals surface area contributed by atoms with E-state index in [2.05, 4.69) is 147 Å². The largest absolute Gasteiger partial charge is 0.509 e. The van der Waals surface area contributed by atoms with E-state index < -0.39 is 0 Å². The van der Waals surface area contributed by atoms with Crippen molar-refractivity contribution >= 4 is 21.8 Å². The summed E-state index contributed by atoms with van der Waals surface area (Å²) in [7, 11) is 0. The molecule has 2 heterocycles. The van der Waals surface area contributed by atoms with E-state index in [-0.39, 0.29) is 26.3 Å². The van der Waals surface area contributed by atoms with E-state index in [0.29, 0.717) is 11.5 Å². The van der Waals surface area contributed by atoms with Crippen LogP contribution in [0, 0.1) is 73.6 Å². The van der Waals surface area contributed by atoms with Gasteiger partial charge in [-0.25, -0.2) is 0 Å². The summed E-state index contributed by atoms with van der Waals surface area (Å²) in [5.41, 5.74) is 17.5. The van der Waals surface area contributed by atoms with Crippen LogP contribution in [0.3, 0.4) is 0 Å². The summed E-state index contributed by atoms with van der Waals surface area (Å²) in [6.07, 6.45) is 0. The molecule has 0 fully saturated rings. The van der Waals surface area contributed by atoms with Crippen LogP contribution in [0.1, 0.15) is 70.1 Å². The smallest absolute Gasteiger partial charge is 0.0678 e. The van der Waals surface area contributed by atoms with Gasteiger partial charge in [-0.2, -0.15) is 34.9 Å². The molecule has 5 aromatic carbocycles. The predicted molar refractivity (Wildman–Crippen MR) is 198 cm³/mol. The van der Waals surface area contributed by atoms with Gasteiger partial charge in [-0.1, -0.05) is 50.2 Å². The SMILES string of the molecule is Cc1cc[c-]c(-n2c3[c-]c(Oc4[c-]c(-n5nc(C)c(-c6c(C)c(C)c(C)c(C)c6C)c5C)cc(C(C)C)c4)ccc3c3ccccc32)c1.[Pd]. The van der Waals surface area contributed by atoms with Crippen LogP contribution in [-0.2, 0) is 20.4 Å². The number of nitrogens with zero attached hydrogens (tertiary/aromatic N) is 3. The Labute approximate surface area is 304 Å². The Morgan fingerprint density at radius 3 is 2.06 bits per heavy atom. The number of hydrogen-bond donors (Lipinski definition) is 0. The van der Waals surface area contributed by atoms with Crippen LogP contribution in [-0.4, -0.2) is 14.3 Å². The third-order valence-electron chi connectivity index (χ3n) is 10.2. The van der Waals surface area contributed by atoms with Crippen LogP contribution in [0.4, 0.5) is 0 Å². The first-order valence-electron chi connectivity index (χ1n) is 16.8. The van der Waals surface area contributed by atoms with Gasteiger partial charge < -0.3 is 9.30 Å². The minimum Gasteiger partial charge on any atom is -0.509 e. The first kappa shape index (κ1) is 34.4. The van der Waals surface area contributed by atoms with Gasteiger partial charge in [0.25, 0.3) is 0 Å². The molecule has 0 amide bonds. The Bertz CT molecular complexity index is 2360. The second-order valence-electron chi connectivity index (χ2n) is 13.6. The molecule has 0 aliphatic heterocycles. The average Bonchev–Trinajstić information content (AvgIpc) is 3.55. The van der Waals surface area contributed by atoms with E-state index in [1.165, 1.54) is 49.9 Å². The van der Waals surface area contributed by atoms with Crippen molar-refractivity contribution < 1.29 is 25.2 Å². The first-order chi connectivity index (χ1) is 22.9. The van der Waals surface area contributed by atoms with Crippen LogP contribution in [0.2, 0.25) is 0 Å². The fourth-order valence-corrected chi connectivity index (χ4v) is 7.16. The molecule has 0 radical (unpaired) electrons. The summed E-state index contributed by atoms with van der Waals surface area (Å²) in [6.45, 7) is 21.9. The zero-order valence-electron chi connectivity index (χ0n) is 30.0. The minimum absolute atomic E-state index is 0. The molecule has 0 unspecified atom stereocenters. The molecule has 5 heteroatoms. The Balaban J connectivity index is 0.00000417. The fraction of sp³-hybridized carbons (Fsp3) is 0.250. The summed E-state index contributed by atoms with van der Waals surface area (Å²) in [5.74, 6) is 1.56. The molecule has 252 valence electrons. The summed E-state index contributed by atoms with van der Waals surface area (Å²) >= 11 is 0. The molecule has 0 atom stereocenters. The van der Waals surface area contributed by atoms with E-state index in [1.54, 1.807) is 0 Å². The third kappa shape index (κ3) is 5.84. The quantitative estimate of drug-likeness (QED) is 0.126. The number of ether oxygens (including phenoxy) is 1. The molecular weight excluding hydrogens is 693 g/mol. The van der Waals surface area contributed by atoms with E-state index in [4.69, 9.17) is 9.84 Å². The van der Waals surface area contributed by atoms with Crippen LogP contribution in [0.15, 0.2) is 66.7 Å². The molecule has 0 spiro atoms. The van der Waals surface area contributed by atoms with Gasteiger partial charge >= 0.3 is 0 Å². The molecule has 0 saturated heterocycles. The molecule has 0 aliphatic rings. The normalized spacial score (nSPS) is 11.5. The number of para-hydroxylation sites is 1. The number of aryl methyl sites for hydroxylation is 2. The van der Waals surface area contributed by atoms with Gasteiger partial charge in [0.05, 0.1) is 5.69 Å². The van der Waals surface area contributed by atoms with E-state index in [1.807, 2.05) is 16.8 Å². The van der Waals surface area contributed by atoms with Gasteiger partial charge in [0.1, 0.15) is 0 Å². The Morgan fingerprint density at radius 2 is 1.37 bits per heavy atom. The van der Waals surface area contributed by atoms with Gasteiger partial charge in [0, 0.05) is 48.7 Å². The Morgan fingerprint density at radius 1 is 0.673 bits per heavy atom. The number of hydrogen-bond acceptors (Lipinski definition) is 2. The molecule has 2 aromatic heterocycles. The summed E-state index contributed by atoms with van der Waals surface area (Å²) in [4.78, 5) is 0. The van der Waals surface area contributed by atoms with Crippen molar-refractivity contribution in [1.29, 1.82) is 0 Å². The average molecular weight is 735 g/mol. The first-order valence-corrected chi connectivity index (χ1v) is 16.8. The summed E-state index contributed by atoms with van der Waals surface area (Å²) in [5, 5.41) is 7.40. The van der Waals surface area contributed by atoms with E-state index >= 15 is 0 Å². The standard InChI is InChI=1S/C44H42N3O.Pd/c1-25(2)34-21-36(47-33(10)44(32(9)45-47)43-30(7)28(5)27(4)29(6)31(43)8)23-38(22-34)48-37-18-19-40-39-16-11-12-17-41(39)46(42(40)24-37)35-15-13-14-26(3)20-35;/h11-14,16-22,25H,1-10H3;/q-3;. The van der Waals surface area contributed by atoms with Crippen molar-refractivity contribution in [2.75, 3.05) is 0 Å². The molecule has 0 bridgehead atoms. The maximum absolute atomic E-state index is 6.62. The number of rotatable bonds is 6. The third-order valence-corrected chi connectivity index (χ3v) is 10.2. The Kier molecular flexibility index (Phi) is 9.22. The maximum Gasteiger partial charge on any atom is 0.0678 e. The predicted octanol–water partition coefficient (Wildman–Crippen LogP) is 11.4. The second-order valence-corrected chi connectivity index (χ2v) is 13.6. The number of aromatic nitrogens is 3. The fourth-order valence-electron chi connectivity index (χ4n) is 7.16. The van der Waals surface area contributed by atoms with Crippen LogP contribution in [0.25, 0.3) is 44.3 Å². The topological polar surface area (TPSA) is 32.0 Å². The van der Waals surface area contributed by atoms with Gasteiger partial charge in [0.15, 0.2) is 0 Å². The summed E-state index contributed by atoms with van der Waals surface area (Å²) in [6, 6.07) is 33.7. The van der Waals surface area contributed by atoms with Crippen molar-refractivity contribution in [2.24, 2.45) is 0 Å². The van der Waals surface area contributed by atoms with Crippen LogP contribution < -0.4 is 4.74 Å². The Hall–Kier alpha value is -4.43. The van der Waals surface area contributed by atoms with E-state index in [0.717, 1.165) is 44.7 Å². The van der Waals surface area contributed by atoms with Crippen molar-refractivity contribution in [1.82, 2.24) is 14.3 Å². The van der Waals surface area contributed by atoms with Gasteiger partial charge in [-0.05, 0) is 105 Å². The molecule has 0 aliphatic carbocycles. The van der Waals surface area contributed by atoms with Gasteiger partial charge in [0.2, 0.25) is 0 Å². The molecule has 0 N–H and O–H groups in total. The van der Waals surface area contributed by atoms with Gasteiger partial charge in [-0.3, -0.25) is 4.68 Å². The second kappa shape index (κ2) is 13.1. The maximum atomic E-state index is 6.62. The van der Waals surface area contributed by atoms with Crippen LogP contribution in [0.5, 0.6) is 11.5 Å². The zero-order chi connectivity index (χ0) is 34.0. The van der Waals surface area contributed by atoms with Crippen molar-refractivity contribution in [2.45, 2.75) is 75.2 Å². The molecule has 7 aromatic rings. The van der Waals surface area contributed by atoms with Crippen LogP contribution >= 0.6 is 0 Å². The van der Waals surface area contributed by atoms with Gasteiger partial charge in [-0.15, -0.1) is 47.3 Å². The minimum atomic E-state index is 0. The molecular formula is C44H42N3OPd-3. The zero-order valence-corrected chi connectivity index (χ0v) is 31.5. The van der Waals surface area contributed by atoms with E-state index in [9.17, 15) is 0 Å². The van der Waals surface area contributed by atoms with Crippen molar-refractivity contribution in [3.63, 3.8) is 0 Å². The van der Waals surface area contributed by atoms with Crippen molar-refractivity contribution in [3.8, 4) is 34.0 Å². The number of benzene rings is 5. The summed E-state index contributed by atoms with van der Waals surface area (Å²) < 4.78 is 10.9. The monoisotopic (exact) mass is 734 g/mol. The van der Waals surface area contributed by atoms with Crippen molar-refractivity contribution in [3.05, 3.63) is 135 Å². The molecule has 0 saturated carbocycles. The molecule has 49 heavy (non-hydrogen) atoms. The number of fused-ring (bicyclic) bond motifs is 3.